The number of benzene rings is 3. The van der Waals surface area contributed by atoms with Gasteiger partial charge in [0.2, 0.25) is 17.7 Å². The molecule has 0 saturated carbocycles. The van der Waals surface area contributed by atoms with Gasteiger partial charge in [-0.25, -0.2) is 9.59 Å². The molecule has 4 atom stereocenters. The van der Waals surface area contributed by atoms with Gasteiger partial charge in [0.15, 0.2) is 0 Å². The summed E-state index contributed by atoms with van der Waals surface area (Å²) in [4.78, 5) is 64.3. The van der Waals surface area contributed by atoms with Crippen molar-refractivity contribution in [2.24, 2.45) is 11.8 Å². The van der Waals surface area contributed by atoms with Crippen LogP contribution in [0.25, 0.3) is 10.8 Å². The van der Waals surface area contributed by atoms with E-state index < -0.39 is 47.9 Å². The van der Waals surface area contributed by atoms with Gasteiger partial charge < -0.3 is 31.1 Å². The number of hydrogen-bond donors (Lipinski definition) is 5. The third-order valence-corrected chi connectivity index (χ3v) is 8.02. The van der Waals surface area contributed by atoms with Crippen molar-refractivity contribution >= 4 is 40.6 Å². The van der Waals surface area contributed by atoms with Crippen LogP contribution in [0.4, 0.5) is 4.79 Å². The van der Waals surface area contributed by atoms with E-state index in [1.807, 2.05) is 86.6 Å². The largest absolute Gasteiger partial charge is 0.480 e. The first-order chi connectivity index (χ1) is 22.1. The minimum atomic E-state index is -1.31. The molecule has 0 spiro atoms. The summed E-state index contributed by atoms with van der Waals surface area (Å²) in [5.74, 6) is -3.37. The number of fused-ring (bicyclic) bond motifs is 1. The molecule has 4 amide bonds. The Balaban J connectivity index is 1.50. The zero-order chi connectivity index (χ0) is 33.1. The van der Waals surface area contributed by atoms with E-state index in [4.69, 9.17) is 4.74 Å². The maximum Gasteiger partial charge on any atom is 0.407 e. The topological polar surface area (TPSA) is 163 Å². The number of nitrogens with one attached hydrogen (secondary N) is 4. The van der Waals surface area contributed by atoms with Crippen molar-refractivity contribution in [2.45, 2.75) is 64.1 Å². The summed E-state index contributed by atoms with van der Waals surface area (Å²) in [6, 6.07) is 19.4. The number of amides is 4. The molecule has 1 heterocycles. The fourth-order valence-electron chi connectivity index (χ4n) is 5.61. The molecule has 244 valence electrons. The minimum absolute atomic E-state index is 0.0348. The molecular weight excluding hydrogens is 588 g/mol. The van der Waals surface area contributed by atoms with Gasteiger partial charge in [-0.3, -0.25) is 14.4 Å². The monoisotopic (exact) mass is 630 g/mol. The number of ether oxygens (including phenoxy) is 1. The number of rotatable bonds is 15. The van der Waals surface area contributed by atoms with Crippen LogP contribution in [0.1, 0.15) is 44.2 Å². The molecule has 0 radical (unpaired) electrons. The second-order valence-electron chi connectivity index (χ2n) is 12.0. The Labute approximate surface area is 268 Å². The molecular formula is C35H42N4O7. The second-order valence-corrected chi connectivity index (χ2v) is 12.0. The maximum absolute atomic E-state index is 13.8. The highest BCUT2D eigenvalue weighted by Crippen LogP contribution is 2.21. The SMILES string of the molecule is CC(C)CC(NC(=O)C(Cc1cccc2ccccc12)NC(=O)OCCc1ccccc1)C(=O)NC(C[C@@H]1CCNC1=O)C(=O)O. The van der Waals surface area contributed by atoms with E-state index >= 15 is 0 Å². The summed E-state index contributed by atoms with van der Waals surface area (Å²) >= 11 is 0. The molecule has 3 unspecified atom stereocenters. The standard InChI is InChI=1S/C35H42N4O7/c1-22(2)19-28(32(41)38-30(34(43)44)21-26-15-17-36-31(26)40)37-33(42)29(20-25-13-8-12-24-11-6-7-14-27(24)25)39-35(45)46-18-16-23-9-4-3-5-10-23/h3-14,22,26,28-30H,15-21H2,1-2H3,(H,36,40)(H,37,42)(H,38,41)(H,39,45)(H,43,44)/t26-,28?,29?,30?/m0/s1. The van der Waals surface area contributed by atoms with Crippen LogP contribution in [0, 0.1) is 11.8 Å². The predicted octanol–water partition coefficient (Wildman–Crippen LogP) is 3.35. The first kappa shape index (κ1) is 34.0. The average Bonchev–Trinajstić information content (AvgIpc) is 3.44. The van der Waals surface area contributed by atoms with Crippen molar-refractivity contribution in [1.29, 1.82) is 0 Å². The third kappa shape index (κ3) is 9.79. The molecule has 11 nitrogen and oxygen atoms in total. The van der Waals surface area contributed by atoms with Crippen molar-refractivity contribution in [3.63, 3.8) is 0 Å². The van der Waals surface area contributed by atoms with Gasteiger partial charge >= 0.3 is 12.1 Å². The molecule has 5 N–H and O–H groups in total. The maximum atomic E-state index is 13.8. The Morgan fingerprint density at radius 1 is 0.870 bits per heavy atom. The highest BCUT2D eigenvalue weighted by Gasteiger charge is 2.34. The summed E-state index contributed by atoms with van der Waals surface area (Å²) in [7, 11) is 0. The van der Waals surface area contributed by atoms with Gasteiger partial charge in [0.25, 0.3) is 0 Å². The number of carboxylic acids is 1. The van der Waals surface area contributed by atoms with Crippen molar-refractivity contribution in [3.05, 3.63) is 83.9 Å². The lowest BCUT2D eigenvalue weighted by Crippen LogP contribution is -2.56. The van der Waals surface area contributed by atoms with Crippen LogP contribution in [-0.4, -0.2) is 66.2 Å². The van der Waals surface area contributed by atoms with Crippen LogP contribution in [0.2, 0.25) is 0 Å². The summed E-state index contributed by atoms with van der Waals surface area (Å²) < 4.78 is 5.41. The van der Waals surface area contributed by atoms with Crippen LogP contribution >= 0.6 is 0 Å². The van der Waals surface area contributed by atoms with Gasteiger partial charge in [0.1, 0.15) is 18.1 Å². The van der Waals surface area contributed by atoms with Crippen molar-refractivity contribution in [2.75, 3.05) is 13.2 Å². The van der Waals surface area contributed by atoms with Crippen molar-refractivity contribution in [1.82, 2.24) is 21.3 Å². The van der Waals surface area contributed by atoms with Crippen LogP contribution in [0.3, 0.4) is 0 Å². The molecule has 3 aromatic carbocycles. The lowest BCUT2D eigenvalue weighted by molar-refractivity contribution is -0.143. The molecule has 11 heteroatoms. The van der Waals surface area contributed by atoms with E-state index in [0.717, 1.165) is 21.9 Å². The quantitative estimate of drug-likeness (QED) is 0.172. The number of carbonyl (C=O) groups excluding carboxylic acids is 4. The van der Waals surface area contributed by atoms with Crippen LogP contribution < -0.4 is 21.3 Å². The summed E-state index contributed by atoms with van der Waals surface area (Å²) in [6.07, 6.45) is 0.477. The zero-order valence-electron chi connectivity index (χ0n) is 26.2. The van der Waals surface area contributed by atoms with Crippen LogP contribution in [0.15, 0.2) is 72.8 Å². The number of alkyl carbamates (subject to hydrolysis) is 1. The molecule has 1 aliphatic heterocycles. The Morgan fingerprint density at radius 3 is 2.24 bits per heavy atom. The van der Waals surface area contributed by atoms with E-state index in [1.165, 1.54) is 0 Å². The van der Waals surface area contributed by atoms with Crippen LogP contribution in [0.5, 0.6) is 0 Å². The van der Waals surface area contributed by atoms with Crippen LogP contribution in [-0.2, 0) is 36.8 Å². The first-order valence-electron chi connectivity index (χ1n) is 15.7. The number of carboxylic acid groups (broad SMARTS) is 1. The van der Waals surface area contributed by atoms with Gasteiger partial charge in [-0.2, -0.15) is 0 Å². The highest BCUT2D eigenvalue weighted by atomic mass is 16.5. The number of hydrogen-bond acceptors (Lipinski definition) is 6. The lowest BCUT2D eigenvalue weighted by atomic mass is 9.96. The predicted molar refractivity (Wildman–Crippen MR) is 173 cm³/mol. The fourth-order valence-corrected chi connectivity index (χ4v) is 5.61. The van der Waals surface area contributed by atoms with E-state index in [2.05, 4.69) is 21.3 Å². The first-order valence-corrected chi connectivity index (χ1v) is 15.7. The summed E-state index contributed by atoms with van der Waals surface area (Å²) in [5, 5.41) is 22.3. The second kappa shape index (κ2) is 16.4. The van der Waals surface area contributed by atoms with Crippen molar-refractivity contribution in [3.8, 4) is 0 Å². The minimum Gasteiger partial charge on any atom is -0.480 e. The van der Waals surface area contributed by atoms with E-state index in [-0.39, 0.29) is 37.7 Å². The number of carbonyl (C=O) groups is 5. The third-order valence-electron chi connectivity index (χ3n) is 8.02. The van der Waals surface area contributed by atoms with Gasteiger partial charge in [0.05, 0.1) is 6.61 Å². The Kier molecular flexibility index (Phi) is 12.1. The molecule has 46 heavy (non-hydrogen) atoms. The van der Waals surface area contributed by atoms with E-state index in [0.29, 0.717) is 19.4 Å². The van der Waals surface area contributed by atoms with Gasteiger partial charge in [-0.05, 0) is 47.1 Å². The molecule has 3 aromatic rings. The molecule has 4 rings (SSSR count). The molecule has 0 aromatic heterocycles. The Morgan fingerprint density at radius 2 is 1.54 bits per heavy atom. The smallest absolute Gasteiger partial charge is 0.407 e. The Hall–Kier alpha value is -4.93. The normalized spacial score (nSPS) is 16.2. The molecule has 0 bridgehead atoms. The van der Waals surface area contributed by atoms with Gasteiger partial charge in [-0.15, -0.1) is 0 Å². The molecule has 0 aliphatic carbocycles. The van der Waals surface area contributed by atoms with Crippen molar-refractivity contribution < 1.29 is 33.8 Å². The molecule has 1 fully saturated rings. The van der Waals surface area contributed by atoms with E-state index in [1.54, 1.807) is 0 Å². The summed E-state index contributed by atoms with van der Waals surface area (Å²) in [6.45, 7) is 4.31. The molecule has 1 aliphatic rings. The van der Waals surface area contributed by atoms with Gasteiger partial charge in [0, 0.05) is 25.3 Å². The lowest BCUT2D eigenvalue weighted by Gasteiger charge is -2.26. The average molecular weight is 631 g/mol. The summed E-state index contributed by atoms with van der Waals surface area (Å²) in [5.41, 5.74) is 1.81. The molecule has 1 saturated heterocycles. The zero-order valence-corrected chi connectivity index (χ0v) is 26.2. The van der Waals surface area contributed by atoms with E-state index in [9.17, 15) is 29.1 Å². The fraction of sp³-hybridized carbons (Fsp3) is 0.400. The number of aliphatic carboxylic acids is 1. The Bertz CT molecular complexity index is 1520. The highest BCUT2D eigenvalue weighted by molar-refractivity contribution is 5.94. The van der Waals surface area contributed by atoms with Gasteiger partial charge in [-0.1, -0.05) is 86.6 Å².